The minimum Gasteiger partial charge on any atom is -0.496 e. The highest BCUT2D eigenvalue weighted by Crippen LogP contribution is 2.34. The largest absolute Gasteiger partial charge is 0.496 e. The van der Waals surface area contributed by atoms with Gasteiger partial charge < -0.3 is 14.2 Å². The van der Waals surface area contributed by atoms with Gasteiger partial charge in [0.1, 0.15) is 23.9 Å². The second-order valence-electron chi connectivity index (χ2n) is 5.97. The van der Waals surface area contributed by atoms with E-state index in [4.69, 9.17) is 14.2 Å². The number of ether oxygens (including phenoxy) is 3. The molecule has 2 aromatic carbocycles. The number of ketones is 1. The molecule has 0 radical (unpaired) electrons. The lowest BCUT2D eigenvalue weighted by atomic mass is 10.1. The zero-order valence-electron chi connectivity index (χ0n) is 14.8. The normalized spacial score (nSPS) is 14.4. The van der Waals surface area contributed by atoms with Crippen LogP contribution in [-0.4, -0.2) is 19.5 Å². The Morgan fingerprint density at radius 3 is 2.81 bits per heavy atom. The number of hydrogen-bond donors (Lipinski definition) is 0. The van der Waals surface area contributed by atoms with E-state index in [-0.39, 0.29) is 11.5 Å². The van der Waals surface area contributed by atoms with E-state index < -0.39 is 0 Å². The van der Waals surface area contributed by atoms with Gasteiger partial charge in [0.2, 0.25) is 5.78 Å². The molecule has 1 aliphatic heterocycles. The maximum atomic E-state index is 12.4. The lowest BCUT2D eigenvalue weighted by Crippen LogP contribution is -1.98. The molecular formula is C22H20O4. The van der Waals surface area contributed by atoms with Crippen LogP contribution in [0.15, 0.2) is 72.5 Å². The summed E-state index contributed by atoms with van der Waals surface area (Å²) in [5.41, 5.74) is 2.37. The van der Waals surface area contributed by atoms with Gasteiger partial charge in [-0.1, -0.05) is 36.9 Å². The lowest BCUT2D eigenvalue weighted by molar-refractivity contribution is 0.101. The molecule has 0 aliphatic carbocycles. The first kappa shape index (κ1) is 17.5. The van der Waals surface area contributed by atoms with Crippen LogP contribution in [0.3, 0.4) is 0 Å². The number of Topliss-reactive ketones (excluding diaryl/α,β-unsaturated/α-hetero) is 1. The van der Waals surface area contributed by atoms with Crippen LogP contribution < -0.4 is 14.2 Å². The number of methoxy groups -OCH3 is 1. The van der Waals surface area contributed by atoms with Gasteiger partial charge in [-0.2, -0.15) is 0 Å². The number of allylic oxidation sites excluding steroid dienone is 3. The molecule has 2 aromatic rings. The summed E-state index contributed by atoms with van der Waals surface area (Å²) in [6.45, 7) is 6.12. The van der Waals surface area contributed by atoms with Gasteiger partial charge in [-0.25, -0.2) is 0 Å². The van der Waals surface area contributed by atoms with Crippen LogP contribution in [-0.2, 0) is 0 Å². The van der Waals surface area contributed by atoms with Gasteiger partial charge in [-0.05, 0) is 36.8 Å². The lowest BCUT2D eigenvalue weighted by Gasteiger charge is -2.06. The molecule has 0 bridgehead atoms. The van der Waals surface area contributed by atoms with Crippen molar-refractivity contribution in [3.63, 3.8) is 0 Å². The minimum absolute atomic E-state index is 0.142. The van der Waals surface area contributed by atoms with E-state index in [2.05, 4.69) is 6.58 Å². The van der Waals surface area contributed by atoms with Crippen molar-refractivity contribution in [2.75, 3.05) is 13.7 Å². The van der Waals surface area contributed by atoms with Gasteiger partial charge in [0.15, 0.2) is 5.76 Å². The van der Waals surface area contributed by atoms with E-state index in [0.717, 1.165) is 16.9 Å². The summed E-state index contributed by atoms with van der Waals surface area (Å²) in [5, 5.41) is 0. The Bertz CT molecular complexity index is 906. The summed E-state index contributed by atoms with van der Waals surface area (Å²) >= 11 is 0. The third-order valence-corrected chi connectivity index (χ3v) is 3.79. The number of fused-ring (bicyclic) bond motifs is 1. The molecule has 0 fully saturated rings. The number of carbonyl (C=O) groups excluding carboxylic acids is 1. The molecule has 0 aromatic heterocycles. The molecule has 4 heteroatoms. The first-order valence-corrected chi connectivity index (χ1v) is 8.23. The molecule has 4 nitrogen and oxygen atoms in total. The highest BCUT2D eigenvalue weighted by molar-refractivity contribution is 6.12. The second kappa shape index (κ2) is 7.74. The molecule has 0 atom stereocenters. The smallest absolute Gasteiger partial charge is 0.231 e. The summed E-state index contributed by atoms with van der Waals surface area (Å²) < 4.78 is 16.6. The van der Waals surface area contributed by atoms with Crippen LogP contribution in [0.2, 0.25) is 0 Å². The van der Waals surface area contributed by atoms with Crippen molar-refractivity contribution in [2.24, 2.45) is 0 Å². The third-order valence-electron chi connectivity index (χ3n) is 3.79. The monoisotopic (exact) mass is 348 g/mol. The molecule has 0 amide bonds. The minimum atomic E-state index is -0.142. The van der Waals surface area contributed by atoms with Crippen molar-refractivity contribution < 1.29 is 19.0 Å². The number of carbonyl (C=O) groups is 1. The average molecular weight is 348 g/mol. The molecule has 3 rings (SSSR count). The van der Waals surface area contributed by atoms with E-state index in [1.54, 1.807) is 37.5 Å². The summed E-state index contributed by atoms with van der Waals surface area (Å²) in [6, 6.07) is 12.8. The topological polar surface area (TPSA) is 44.8 Å². The van der Waals surface area contributed by atoms with Crippen molar-refractivity contribution in [3.8, 4) is 17.2 Å². The van der Waals surface area contributed by atoms with Crippen molar-refractivity contribution >= 4 is 11.9 Å². The first-order valence-electron chi connectivity index (χ1n) is 8.23. The summed E-state index contributed by atoms with van der Waals surface area (Å²) in [4.78, 5) is 12.4. The highest BCUT2D eigenvalue weighted by Gasteiger charge is 2.27. The standard InChI is InChI=1S/C22H20O4/c1-15(2)14-25-17-11-12-18-21(13-17)26-20(22(18)23)10-6-8-16-7-4-5-9-19(16)24-3/h4-13H,1,14H2,2-3H3/b8-6+,20-10-. The summed E-state index contributed by atoms with van der Waals surface area (Å²) in [7, 11) is 1.62. The first-order chi connectivity index (χ1) is 12.6. The SMILES string of the molecule is C=C(C)COc1ccc2c(c1)O/C(=C\C=C\c1ccccc1OC)C2=O. The van der Waals surface area contributed by atoms with E-state index >= 15 is 0 Å². The fourth-order valence-electron chi connectivity index (χ4n) is 2.52. The van der Waals surface area contributed by atoms with E-state index in [1.807, 2.05) is 37.3 Å². The number of para-hydroxylation sites is 1. The Labute approximate surface area is 153 Å². The number of benzene rings is 2. The van der Waals surface area contributed by atoms with Gasteiger partial charge in [-0.3, -0.25) is 4.79 Å². The predicted molar refractivity (Wildman–Crippen MR) is 102 cm³/mol. The Morgan fingerprint density at radius 1 is 1.23 bits per heavy atom. The quantitative estimate of drug-likeness (QED) is 0.554. The number of hydrogen-bond acceptors (Lipinski definition) is 4. The van der Waals surface area contributed by atoms with E-state index in [9.17, 15) is 4.79 Å². The number of rotatable bonds is 6. The molecule has 1 aliphatic rings. The van der Waals surface area contributed by atoms with Gasteiger partial charge in [0.05, 0.1) is 12.7 Å². The molecule has 26 heavy (non-hydrogen) atoms. The molecule has 0 saturated carbocycles. The van der Waals surface area contributed by atoms with Crippen molar-refractivity contribution in [1.29, 1.82) is 0 Å². The fraction of sp³-hybridized carbons (Fsp3) is 0.136. The second-order valence-corrected chi connectivity index (χ2v) is 5.97. The van der Waals surface area contributed by atoms with Crippen molar-refractivity contribution in [1.82, 2.24) is 0 Å². The fourth-order valence-corrected chi connectivity index (χ4v) is 2.52. The van der Waals surface area contributed by atoms with Crippen molar-refractivity contribution in [2.45, 2.75) is 6.92 Å². The van der Waals surface area contributed by atoms with Crippen molar-refractivity contribution in [3.05, 3.63) is 83.7 Å². The predicted octanol–water partition coefficient (Wildman–Crippen LogP) is 4.82. The van der Waals surface area contributed by atoms with Crippen LogP contribution in [0.25, 0.3) is 6.08 Å². The van der Waals surface area contributed by atoms with Crippen LogP contribution in [0, 0.1) is 0 Å². The maximum Gasteiger partial charge on any atom is 0.231 e. The molecule has 0 N–H and O–H groups in total. The van der Waals surface area contributed by atoms with Gasteiger partial charge in [0.25, 0.3) is 0 Å². The maximum absolute atomic E-state index is 12.4. The molecule has 132 valence electrons. The van der Waals surface area contributed by atoms with Crippen LogP contribution in [0.5, 0.6) is 17.2 Å². The van der Waals surface area contributed by atoms with Gasteiger partial charge in [-0.15, -0.1) is 0 Å². The zero-order chi connectivity index (χ0) is 18.5. The Kier molecular flexibility index (Phi) is 5.23. The highest BCUT2D eigenvalue weighted by atomic mass is 16.5. The van der Waals surface area contributed by atoms with E-state index in [1.165, 1.54) is 0 Å². The Hall–Kier alpha value is -3.27. The average Bonchev–Trinajstić information content (AvgIpc) is 2.96. The molecule has 0 unspecified atom stereocenters. The zero-order valence-corrected chi connectivity index (χ0v) is 14.8. The third kappa shape index (κ3) is 3.86. The molecule has 1 heterocycles. The summed E-state index contributed by atoms with van der Waals surface area (Å²) in [6.07, 6.45) is 5.30. The summed E-state index contributed by atoms with van der Waals surface area (Å²) in [5.74, 6) is 2.05. The Morgan fingerprint density at radius 2 is 2.04 bits per heavy atom. The molecule has 0 saturated heterocycles. The van der Waals surface area contributed by atoms with E-state index in [0.29, 0.717) is 23.7 Å². The molecular weight excluding hydrogens is 328 g/mol. The van der Waals surface area contributed by atoms with Crippen LogP contribution >= 0.6 is 0 Å². The Balaban J connectivity index is 1.75. The van der Waals surface area contributed by atoms with Gasteiger partial charge in [0, 0.05) is 11.6 Å². The van der Waals surface area contributed by atoms with Gasteiger partial charge >= 0.3 is 0 Å². The van der Waals surface area contributed by atoms with Crippen LogP contribution in [0.4, 0.5) is 0 Å². The molecule has 0 spiro atoms. The van der Waals surface area contributed by atoms with Crippen LogP contribution in [0.1, 0.15) is 22.8 Å².